The van der Waals surface area contributed by atoms with Crippen LogP contribution < -0.4 is 0 Å². The molecule has 132 valence electrons. The van der Waals surface area contributed by atoms with Crippen LogP contribution >= 0.6 is 0 Å². The van der Waals surface area contributed by atoms with Gasteiger partial charge in [0, 0.05) is 25.7 Å². The predicted octanol–water partition coefficient (Wildman–Crippen LogP) is 2.61. The molecule has 3 rings (SSSR count). The Morgan fingerprint density at radius 2 is 2.04 bits per heavy atom. The number of hydrogen-bond acceptors (Lipinski definition) is 5. The summed E-state index contributed by atoms with van der Waals surface area (Å²) >= 11 is 0. The van der Waals surface area contributed by atoms with Crippen molar-refractivity contribution >= 4 is 11.5 Å². The number of hydrogen-bond donors (Lipinski definition) is 0. The molecule has 0 saturated carbocycles. The van der Waals surface area contributed by atoms with Crippen molar-refractivity contribution in [1.82, 2.24) is 19.9 Å². The summed E-state index contributed by atoms with van der Waals surface area (Å²) in [7, 11) is 2.01. The lowest BCUT2D eigenvalue weighted by Gasteiger charge is -2.37. The number of amides is 1. The minimum Gasteiger partial charge on any atom is -0.338 e. The van der Waals surface area contributed by atoms with Gasteiger partial charge in [-0.1, -0.05) is 29.4 Å². The lowest BCUT2D eigenvalue weighted by Crippen LogP contribution is -2.48. The average Bonchev–Trinajstić information content (AvgIpc) is 3.01. The van der Waals surface area contributed by atoms with Crippen molar-refractivity contribution in [2.75, 3.05) is 26.7 Å². The van der Waals surface area contributed by atoms with Gasteiger partial charge in [-0.05, 0) is 44.5 Å². The van der Waals surface area contributed by atoms with E-state index in [2.05, 4.69) is 28.0 Å². The van der Waals surface area contributed by atoms with E-state index >= 15 is 0 Å². The number of nitrogens with zero attached hydrogens (tertiary/aromatic N) is 4. The van der Waals surface area contributed by atoms with Crippen molar-refractivity contribution < 1.29 is 9.32 Å². The second kappa shape index (κ2) is 7.19. The summed E-state index contributed by atoms with van der Waals surface area (Å²) in [6, 6.07) is 8.04. The Labute approximate surface area is 148 Å². The molecule has 1 aliphatic rings. The number of carbonyl (C=O) groups excluding carboxylic acids is 1. The molecule has 1 fully saturated rings. The first-order chi connectivity index (χ1) is 12.0. The number of carbonyl (C=O) groups is 1. The fourth-order valence-corrected chi connectivity index (χ4v) is 3.16. The van der Waals surface area contributed by atoms with Gasteiger partial charge in [0.05, 0.1) is 0 Å². The molecule has 1 unspecified atom stereocenters. The molecule has 0 bridgehead atoms. The van der Waals surface area contributed by atoms with E-state index in [-0.39, 0.29) is 11.9 Å². The molecule has 1 saturated heterocycles. The van der Waals surface area contributed by atoms with E-state index in [1.807, 2.05) is 37.1 Å². The normalized spacial score (nSPS) is 19.3. The summed E-state index contributed by atoms with van der Waals surface area (Å²) < 4.78 is 5.31. The molecule has 1 aromatic carbocycles. The molecule has 2 heterocycles. The highest BCUT2D eigenvalue weighted by Gasteiger charge is 2.31. The molecular weight excluding hydrogens is 316 g/mol. The Hall–Kier alpha value is -2.47. The van der Waals surface area contributed by atoms with Gasteiger partial charge in [0.1, 0.15) is 6.04 Å². The van der Waals surface area contributed by atoms with Crippen molar-refractivity contribution in [3.8, 4) is 0 Å². The first-order valence-corrected chi connectivity index (χ1v) is 8.49. The zero-order valence-corrected chi connectivity index (χ0v) is 15.2. The molecule has 6 nitrogen and oxygen atoms in total. The van der Waals surface area contributed by atoms with Crippen LogP contribution in [-0.2, 0) is 4.79 Å². The fourth-order valence-electron chi connectivity index (χ4n) is 3.16. The van der Waals surface area contributed by atoms with Gasteiger partial charge >= 0.3 is 0 Å². The second-order valence-corrected chi connectivity index (χ2v) is 6.60. The Balaban J connectivity index is 1.76. The zero-order valence-electron chi connectivity index (χ0n) is 15.2. The minimum absolute atomic E-state index is 0.0232. The van der Waals surface area contributed by atoms with Gasteiger partial charge in [0.25, 0.3) is 0 Å². The van der Waals surface area contributed by atoms with Gasteiger partial charge in [0.2, 0.25) is 11.8 Å². The predicted molar refractivity (Wildman–Crippen MR) is 95.8 cm³/mol. The van der Waals surface area contributed by atoms with Crippen LogP contribution in [0.15, 0.2) is 34.9 Å². The molecule has 1 atom stereocenters. The van der Waals surface area contributed by atoms with Crippen LogP contribution in [0.4, 0.5) is 0 Å². The quantitative estimate of drug-likeness (QED) is 0.804. The summed E-state index contributed by atoms with van der Waals surface area (Å²) in [6.07, 6.45) is 1.73. The van der Waals surface area contributed by atoms with E-state index in [4.69, 9.17) is 4.52 Å². The van der Waals surface area contributed by atoms with Crippen molar-refractivity contribution in [2.24, 2.45) is 0 Å². The molecule has 0 spiro atoms. The molecule has 0 aliphatic carbocycles. The monoisotopic (exact) mass is 340 g/mol. The number of benzene rings is 1. The summed E-state index contributed by atoms with van der Waals surface area (Å²) in [5.74, 6) is 1.20. The molecule has 1 aromatic heterocycles. The van der Waals surface area contributed by atoms with E-state index in [1.54, 1.807) is 13.0 Å². The molecular formula is C19H24N4O2. The van der Waals surface area contributed by atoms with Crippen molar-refractivity contribution in [1.29, 1.82) is 0 Å². The summed E-state index contributed by atoms with van der Waals surface area (Å²) in [5.41, 5.74) is 3.25. The van der Waals surface area contributed by atoms with Crippen LogP contribution in [-0.4, -0.2) is 52.5 Å². The maximum atomic E-state index is 12.7. The third kappa shape index (κ3) is 3.79. The van der Waals surface area contributed by atoms with Crippen LogP contribution in [0.2, 0.25) is 0 Å². The van der Waals surface area contributed by atoms with Crippen LogP contribution in [0, 0.1) is 13.8 Å². The number of piperazine rings is 1. The molecule has 1 aliphatic heterocycles. The highest BCUT2D eigenvalue weighted by molar-refractivity contribution is 5.95. The zero-order chi connectivity index (χ0) is 18.0. The number of likely N-dealkylation sites (N-methyl/N-ethyl adjacent to an activating group) is 1. The third-order valence-corrected chi connectivity index (χ3v) is 4.70. The van der Waals surface area contributed by atoms with Crippen molar-refractivity contribution in [3.63, 3.8) is 0 Å². The molecule has 0 N–H and O–H groups in total. The van der Waals surface area contributed by atoms with Gasteiger partial charge in [0.15, 0.2) is 5.82 Å². The van der Waals surface area contributed by atoms with Gasteiger partial charge in [-0.3, -0.25) is 9.69 Å². The van der Waals surface area contributed by atoms with Crippen LogP contribution in [0.1, 0.15) is 35.8 Å². The highest BCUT2D eigenvalue weighted by Crippen LogP contribution is 2.24. The standard InChI is InChI=1S/C19H24N4O2/c1-13-7-5-6-8-16(13)14(2)11-18(24)23-10-9-22(4)17(12-23)19-20-15(3)21-25-19/h5-8,11,17H,9-10,12H2,1-4H3/b14-11+. The third-order valence-electron chi connectivity index (χ3n) is 4.70. The second-order valence-electron chi connectivity index (χ2n) is 6.60. The van der Waals surface area contributed by atoms with Crippen LogP contribution in [0.5, 0.6) is 0 Å². The van der Waals surface area contributed by atoms with Gasteiger partial charge in [-0.2, -0.15) is 4.98 Å². The first-order valence-electron chi connectivity index (χ1n) is 8.49. The summed E-state index contributed by atoms with van der Waals surface area (Å²) in [5, 5.41) is 3.87. The maximum absolute atomic E-state index is 12.7. The number of aromatic nitrogens is 2. The van der Waals surface area contributed by atoms with Gasteiger partial charge in [-0.25, -0.2) is 0 Å². The first kappa shape index (κ1) is 17.4. The fraction of sp³-hybridized carbons (Fsp3) is 0.421. The number of rotatable bonds is 3. The lowest BCUT2D eigenvalue weighted by atomic mass is 10.0. The van der Waals surface area contributed by atoms with E-state index < -0.39 is 0 Å². The molecule has 0 radical (unpaired) electrons. The van der Waals surface area contributed by atoms with Gasteiger partial charge < -0.3 is 9.42 Å². The Morgan fingerprint density at radius 3 is 2.72 bits per heavy atom. The maximum Gasteiger partial charge on any atom is 0.246 e. The molecule has 6 heteroatoms. The largest absolute Gasteiger partial charge is 0.338 e. The highest BCUT2D eigenvalue weighted by atomic mass is 16.5. The average molecular weight is 340 g/mol. The van der Waals surface area contributed by atoms with Crippen molar-refractivity contribution in [3.05, 3.63) is 53.2 Å². The smallest absolute Gasteiger partial charge is 0.246 e. The Bertz CT molecular complexity index is 796. The number of allylic oxidation sites excluding steroid dienone is 1. The molecule has 25 heavy (non-hydrogen) atoms. The molecule has 2 aromatic rings. The topological polar surface area (TPSA) is 62.5 Å². The Kier molecular flexibility index (Phi) is 4.99. The molecule has 1 amide bonds. The van der Waals surface area contributed by atoms with Crippen LogP contribution in [0.25, 0.3) is 5.57 Å². The van der Waals surface area contributed by atoms with Crippen molar-refractivity contribution in [2.45, 2.75) is 26.8 Å². The van der Waals surface area contributed by atoms with E-state index in [9.17, 15) is 4.79 Å². The van der Waals surface area contributed by atoms with Crippen LogP contribution in [0.3, 0.4) is 0 Å². The van der Waals surface area contributed by atoms with E-state index in [1.165, 1.54) is 5.56 Å². The SMILES string of the molecule is C/C(=C\C(=O)N1CCN(C)C(c2nc(C)no2)C1)c1ccccc1C. The Morgan fingerprint density at radius 1 is 1.28 bits per heavy atom. The summed E-state index contributed by atoms with van der Waals surface area (Å²) in [6.45, 7) is 7.85. The van der Waals surface area contributed by atoms with Gasteiger partial charge in [-0.15, -0.1) is 0 Å². The van der Waals surface area contributed by atoms with E-state index in [0.717, 1.165) is 17.7 Å². The van der Waals surface area contributed by atoms with E-state index in [0.29, 0.717) is 24.8 Å². The summed E-state index contributed by atoms with van der Waals surface area (Å²) in [4.78, 5) is 21.1. The minimum atomic E-state index is -0.0638. The lowest BCUT2D eigenvalue weighted by molar-refractivity contribution is -0.129. The number of aryl methyl sites for hydroxylation is 2.